The molecule has 4 aliphatic rings. The van der Waals surface area contributed by atoms with Crippen LogP contribution in [0.5, 0.6) is 0 Å². The molecular weight excluding hydrogens is 979 g/mol. The Morgan fingerprint density at radius 3 is 1.39 bits per heavy atom. The number of hydrogen-bond donors (Lipinski definition) is 6. The van der Waals surface area contributed by atoms with Crippen molar-refractivity contribution in [3.63, 3.8) is 0 Å². The molecule has 0 unspecified atom stereocenters. The van der Waals surface area contributed by atoms with Crippen LogP contribution in [0.3, 0.4) is 0 Å². The number of rotatable bonds is 15. The summed E-state index contributed by atoms with van der Waals surface area (Å²) in [5.41, 5.74) is 5.31. The van der Waals surface area contributed by atoms with Crippen LogP contribution in [0.25, 0.3) is 0 Å². The smallest absolute Gasteiger partial charge is 0.416 e. The number of hydrogen-bond acceptors (Lipinski definition) is 9. The molecule has 6 atom stereocenters. The minimum atomic E-state index is -4.43. The molecule has 0 aromatic heterocycles. The standard InChI is InChI=1S/C31H40F3N3O4.C26H32F3N3O2/c1-20-15-22(17-24(16-20)31(32,33)34)21(2)40-19-30(23-9-7-6-8-10-23)12-11-25(18-35-30)36-26(38)29(13-14-29)37-27(39)41-28(3,4)5;1-17-12-19(14-21(13-17)26(27,28)29)18(2)34-16-25(20-6-4-3-5-7-20)9-8-22(15-31-25)32-23(33)24(30)10-11-24/h6-10,15-17,21,25,35H,11-14,18-19H2,1-5H3,(H,36,38)(H,37,39);3-7,12-14,18,22,31H,8-11,15-16,30H2,1-2H3,(H,32,33)/t21-,25+,30-;18-,22+,25-/m11/s1. The number of nitrogens with one attached hydrogen (secondary N) is 5. The first-order valence-electron chi connectivity index (χ1n) is 25.8. The number of piperidine rings is 2. The van der Waals surface area contributed by atoms with E-state index in [1.165, 1.54) is 0 Å². The number of alkyl carbamates (subject to hydrolysis) is 1. The van der Waals surface area contributed by atoms with Gasteiger partial charge in [0, 0.05) is 25.2 Å². The van der Waals surface area contributed by atoms with Crippen molar-refractivity contribution in [2.75, 3.05) is 26.3 Å². The van der Waals surface area contributed by atoms with E-state index in [9.17, 15) is 40.7 Å². The van der Waals surface area contributed by atoms with E-state index in [0.717, 1.165) is 41.8 Å². The largest absolute Gasteiger partial charge is 0.444 e. The molecule has 4 fully saturated rings. The molecule has 2 aliphatic carbocycles. The number of halogens is 6. The molecule has 0 spiro atoms. The van der Waals surface area contributed by atoms with Crippen molar-refractivity contribution in [1.29, 1.82) is 0 Å². The van der Waals surface area contributed by atoms with Crippen LogP contribution in [0.15, 0.2) is 97.1 Å². The Kier molecular flexibility index (Phi) is 17.2. The van der Waals surface area contributed by atoms with E-state index in [-0.39, 0.29) is 37.1 Å². The van der Waals surface area contributed by atoms with E-state index < -0.39 is 69.5 Å². The molecule has 18 heteroatoms. The second-order valence-corrected chi connectivity index (χ2v) is 22.1. The van der Waals surface area contributed by atoms with Gasteiger partial charge in [-0.15, -0.1) is 0 Å². The van der Waals surface area contributed by atoms with Gasteiger partial charge in [0.05, 0.1) is 53.2 Å². The Bertz CT molecular complexity index is 2600. The van der Waals surface area contributed by atoms with Gasteiger partial charge in [0.2, 0.25) is 11.8 Å². The molecule has 0 bridgehead atoms. The first kappa shape index (κ1) is 57.2. The van der Waals surface area contributed by atoms with Gasteiger partial charge < -0.3 is 46.5 Å². The second-order valence-electron chi connectivity index (χ2n) is 22.1. The monoisotopic (exact) mass is 1050 g/mol. The summed E-state index contributed by atoms with van der Waals surface area (Å²) in [6.07, 6.45) is -5.29. The predicted molar refractivity (Wildman–Crippen MR) is 273 cm³/mol. The van der Waals surface area contributed by atoms with Gasteiger partial charge in [-0.2, -0.15) is 26.3 Å². The number of carbonyl (C=O) groups is 3. The summed E-state index contributed by atoms with van der Waals surface area (Å²) in [4.78, 5) is 37.7. The number of alkyl halides is 6. The van der Waals surface area contributed by atoms with Crippen molar-refractivity contribution < 1.29 is 54.9 Å². The maximum Gasteiger partial charge on any atom is 0.416 e. The number of amides is 3. The molecule has 408 valence electrons. The van der Waals surface area contributed by atoms with Crippen LogP contribution >= 0.6 is 0 Å². The fourth-order valence-corrected chi connectivity index (χ4v) is 9.72. The lowest BCUT2D eigenvalue weighted by Gasteiger charge is -2.42. The van der Waals surface area contributed by atoms with Crippen LogP contribution in [-0.4, -0.2) is 73.0 Å². The van der Waals surface area contributed by atoms with Gasteiger partial charge in [0.1, 0.15) is 11.1 Å². The SMILES string of the molecule is Cc1cc([C@@H](C)OC[C@@]2(c3ccccc3)CC[C@H](NC(=O)C3(N)CC3)CN2)cc(C(F)(F)F)c1.Cc1cc([C@@H](C)OC[C@@]2(c3ccccc3)CC[C@H](NC(=O)C3(NC(=O)OC(C)(C)C)CC3)CN2)cc(C(F)(F)F)c1. The van der Waals surface area contributed by atoms with Crippen molar-refractivity contribution in [3.05, 3.63) is 142 Å². The molecular formula is C57H72F6N6O6. The van der Waals surface area contributed by atoms with Gasteiger partial charge in [-0.05, 0) is 146 Å². The average Bonchev–Trinajstić information content (AvgIpc) is 4.30. The van der Waals surface area contributed by atoms with Crippen LogP contribution in [-0.2, 0) is 47.2 Å². The lowest BCUT2D eigenvalue weighted by molar-refractivity contribution is -0.138. The van der Waals surface area contributed by atoms with Crippen LogP contribution in [0.1, 0.15) is 143 Å². The summed E-state index contributed by atoms with van der Waals surface area (Å²) in [6, 6.07) is 27.5. The third-order valence-electron chi connectivity index (χ3n) is 14.7. The zero-order valence-electron chi connectivity index (χ0n) is 43.8. The maximum atomic E-state index is 13.4. The molecule has 2 saturated heterocycles. The summed E-state index contributed by atoms with van der Waals surface area (Å²) < 4.78 is 97.8. The molecule has 4 aromatic rings. The fraction of sp³-hybridized carbons (Fsp3) is 0.526. The Labute approximate surface area is 436 Å². The van der Waals surface area contributed by atoms with Gasteiger partial charge in [-0.3, -0.25) is 9.59 Å². The Balaban J connectivity index is 0.000000222. The third kappa shape index (κ3) is 14.9. The van der Waals surface area contributed by atoms with E-state index in [2.05, 4.69) is 26.6 Å². The molecule has 2 heterocycles. The number of benzene rings is 4. The number of carbonyl (C=O) groups excluding carboxylic acids is 3. The normalized spacial score (nSPS) is 23.8. The van der Waals surface area contributed by atoms with Gasteiger partial charge >= 0.3 is 18.4 Å². The molecule has 12 nitrogen and oxygen atoms in total. The van der Waals surface area contributed by atoms with Crippen molar-refractivity contribution in [1.82, 2.24) is 26.6 Å². The molecule has 7 N–H and O–H groups in total. The first-order valence-corrected chi connectivity index (χ1v) is 25.8. The fourth-order valence-electron chi connectivity index (χ4n) is 9.72. The van der Waals surface area contributed by atoms with Crippen molar-refractivity contribution in [2.24, 2.45) is 5.73 Å². The second kappa shape index (κ2) is 22.6. The maximum absolute atomic E-state index is 13.4. The van der Waals surface area contributed by atoms with E-state index in [0.29, 0.717) is 80.3 Å². The first-order chi connectivity index (χ1) is 35.1. The highest BCUT2D eigenvalue weighted by Crippen LogP contribution is 2.40. The zero-order valence-corrected chi connectivity index (χ0v) is 43.8. The Morgan fingerprint density at radius 1 is 0.627 bits per heavy atom. The molecule has 75 heavy (non-hydrogen) atoms. The predicted octanol–water partition coefficient (Wildman–Crippen LogP) is 10.3. The van der Waals surface area contributed by atoms with Crippen LogP contribution in [0.2, 0.25) is 0 Å². The molecule has 0 radical (unpaired) electrons. The molecule has 3 amide bonds. The molecule has 2 saturated carbocycles. The average molecular weight is 1050 g/mol. The Morgan fingerprint density at radius 2 is 1.04 bits per heavy atom. The highest BCUT2D eigenvalue weighted by molar-refractivity contribution is 5.93. The van der Waals surface area contributed by atoms with E-state index in [1.54, 1.807) is 60.6 Å². The van der Waals surface area contributed by atoms with Crippen LogP contribution < -0.4 is 32.3 Å². The van der Waals surface area contributed by atoms with Gasteiger partial charge in [-0.1, -0.05) is 83.9 Å². The highest BCUT2D eigenvalue weighted by Gasteiger charge is 2.53. The summed E-state index contributed by atoms with van der Waals surface area (Å²) in [7, 11) is 0. The van der Waals surface area contributed by atoms with Crippen molar-refractivity contribution in [2.45, 2.75) is 164 Å². The number of nitrogens with two attached hydrogens (primary N) is 1. The van der Waals surface area contributed by atoms with E-state index in [1.807, 2.05) is 60.7 Å². The minimum Gasteiger partial charge on any atom is -0.444 e. The molecule has 4 aromatic carbocycles. The third-order valence-corrected chi connectivity index (χ3v) is 14.7. The van der Waals surface area contributed by atoms with Crippen LogP contribution in [0.4, 0.5) is 31.1 Å². The molecule has 2 aliphatic heterocycles. The Hall–Kier alpha value is -5.53. The zero-order chi connectivity index (χ0) is 54.6. The van der Waals surface area contributed by atoms with Gasteiger partial charge in [0.15, 0.2) is 0 Å². The van der Waals surface area contributed by atoms with Gasteiger partial charge in [-0.25, -0.2) is 4.79 Å². The lowest BCUT2D eigenvalue weighted by Crippen LogP contribution is -2.59. The summed E-state index contributed by atoms with van der Waals surface area (Å²) in [5, 5.41) is 16.0. The van der Waals surface area contributed by atoms with Gasteiger partial charge in [0.25, 0.3) is 0 Å². The quantitative estimate of drug-likeness (QED) is 0.0636. The highest BCUT2D eigenvalue weighted by atomic mass is 19.4. The molecule has 8 rings (SSSR count). The lowest BCUT2D eigenvalue weighted by atomic mass is 9.81. The summed E-state index contributed by atoms with van der Waals surface area (Å²) in [5.74, 6) is -0.330. The van der Waals surface area contributed by atoms with Crippen molar-refractivity contribution in [3.8, 4) is 0 Å². The van der Waals surface area contributed by atoms with Crippen LogP contribution in [0, 0.1) is 13.8 Å². The number of aryl methyl sites for hydroxylation is 2. The van der Waals surface area contributed by atoms with E-state index >= 15 is 0 Å². The van der Waals surface area contributed by atoms with E-state index in [4.69, 9.17) is 19.9 Å². The number of ether oxygens (including phenoxy) is 3. The van der Waals surface area contributed by atoms with Crippen molar-refractivity contribution >= 4 is 17.9 Å². The summed E-state index contributed by atoms with van der Waals surface area (Å²) >= 11 is 0. The summed E-state index contributed by atoms with van der Waals surface area (Å²) in [6.45, 7) is 13.7. The minimum absolute atomic E-state index is 0.0334. The topological polar surface area (TPSA) is 165 Å².